The Morgan fingerprint density at radius 2 is 2.33 bits per heavy atom. The molecule has 1 saturated heterocycles. The first kappa shape index (κ1) is 12.3. The van der Waals surface area contributed by atoms with Gasteiger partial charge in [-0.3, -0.25) is 4.90 Å². The van der Waals surface area contributed by atoms with E-state index in [1.54, 1.807) is 0 Å². The summed E-state index contributed by atoms with van der Waals surface area (Å²) in [5, 5.41) is 21.2. The van der Waals surface area contributed by atoms with Crippen LogP contribution >= 0.6 is 0 Å². The van der Waals surface area contributed by atoms with Gasteiger partial charge in [0.05, 0.1) is 12.6 Å². The maximum Gasteiger partial charge on any atom is 0.153 e. The lowest BCUT2D eigenvalue weighted by atomic mass is 9.91. The molecule has 5 heteroatoms. The molecule has 1 aliphatic heterocycles. The third kappa shape index (κ3) is 3.68. The summed E-state index contributed by atoms with van der Waals surface area (Å²) >= 11 is 0. The third-order valence-corrected chi connectivity index (χ3v) is 2.95. The van der Waals surface area contributed by atoms with Gasteiger partial charge in [-0.1, -0.05) is 18.5 Å². The zero-order valence-electron chi connectivity index (χ0n) is 9.26. The highest BCUT2D eigenvalue weighted by molar-refractivity contribution is 5.81. The zero-order valence-corrected chi connectivity index (χ0v) is 9.26. The van der Waals surface area contributed by atoms with Crippen molar-refractivity contribution >= 4 is 5.84 Å². The number of aliphatic hydroxyl groups excluding tert-OH is 1. The summed E-state index contributed by atoms with van der Waals surface area (Å²) in [4.78, 5) is 2.13. The SMILES string of the molecule is CCC[C@H]1CN(CC(N)=NO)CC[C@@H]1O. The quantitative estimate of drug-likeness (QED) is 0.271. The van der Waals surface area contributed by atoms with Crippen LogP contribution in [0.4, 0.5) is 0 Å². The van der Waals surface area contributed by atoms with Crippen LogP contribution in [-0.2, 0) is 0 Å². The van der Waals surface area contributed by atoms with Crippen LogP contribution in [0.1, 0.15) is 26.2 Å². The van der Waals surface area contributed by atoms with Gasteiger partial charge in [0.2, 0.25) is 0 Å². The maximum absolute atomic E-state index is 9.77. The lowest BCUT2D eigenvalue weighted by molar-refractivity contribution is 0.0280. The summed E-state index contributed by atoms with van der Waals surface area (Å²) < 4.78 is 0. The van der Waals surface area contributed by atoms with Crippen molar-refractivity contribution in [2.24, 2.45) is 16.8 Å². The standard InChI is InChI=1S/C10H21N3O2/c1-2-3-8-6-13(5-4-9(8)14)7-10(11)12-15/h8-9,14-15H,2-7H2,1H3,(H2,11,12)/t8-,9-/m0/s1. The van der Waals surface area contributed by atoms with Crippen molar-refractivity contribution < 1.29 is 10.3 Å². The summed E-state index contributed by atoms with van der Waals surface area (Å²) in [7, 11) is 0. The first-order chi connectivity index (χ1) is 7.17. The highest BCUT2D eigenvalue weighted by Crippen LogP contribution is 2.21. The van der Waals surface area contributed by atoms with Crippen LogP contribution < -0.4 is 5.73 Å². The summed E-state index contributed by atoms with van der Waals surface area (Å²) in [6.45, 7) is 4.27. The summed E-state index contributed by atoms with van der Waals surface area (Å²) in [6.07, 6.45) is 2.71. The van der Waals surface area contributed by atoms with E-state index < -0.39 is 0 Å². The van der Waals surface area contributed by atoms with Gasteiger partial charge in [0.1, 0.15) is 0 Å². The molecule has 0 saturated carbocycles. The topological polar surface area (TPSA) is 82.1 Å². The Morgan fingerprint density at radius 1 is 1.60 bits per heavy atom. The molecule has 0 bridgehead atoms. The molecule has 1 rings (SSSR count). The van der Waals surface area contributed by atoms with E-state index in [4.69, 9.17) is 10.9 Å². The Balaban J connectivity index is 2.42. The molecule has 1 aliphatic rings. The zero-order chi connectivity index (χ0) is 11.3. The molecule has 0 aromatic rings. The fourth-order valence-corrected chi connectivity index (χ4v) is 2.15. The second-order valence-electron chi connectivity index (χ2n) is 4.23. The monoisotopic (exact) mass is 215 g/mol. The van der Waals surface area contributed by atoms with Gasteiger partial charge < -0.3 is 16.0 Å². The maximum atomic E-state index is 9.77. The van der Waals surface area contributed by atoms with Crippen molar-refractivity contribution in [2.75, 3.05) is 19.6 Å². The van der Waals surface area contributed by atoms with E-state index in [9.17, 15) is 5.11 Å². The Hall–Kier alpha value is -0.810. The first-order valence-electron chi connectivity index (χ1n) is 5.54. The predicted molar refractivity (Wildman–Crippen MR) is 58.9 cm³/mol. The van der Waals surface area contributed by atoms with E-state index in [0.29, 0.717) is 12.5 Å². The van der Waals surface area contributed by atoms with Gasteiger partial charge >= 0.3 is 0 Å². The molecular weight excluding hydrogens is 194 g/mol. The molecule has 0 spiro atoms. The molecule has 0 radical (unpaired) electrons. The smallest absolute Gasteiger partial charge is 0.153 e. The lowest BCUT2D eigenvalue weighted by Crippen LogP contribution is -2.46. The molecule has 88 valence electrons. The summed E-state index contributed by atoms with van der Waals surface area (Å²) in [6, 6.07) is 0. The minimum Gasteiger partial charge on any atom is -0.409 e. The van der Waals surface area contributed by atoms with Crippen LogP contribution in [0.3, 0.4) is 0 Å². The molecule has 4 N–H and O–H groups in total. The number of hydrogen-bond acceptors (Lipinski definition) is 4. The molecule has 5 nitrogen and oxygen atoms in total. The van der Waals surface area contributed by atoms with E-state index in [-0.39, 0.29) is 11.9 Å². The van der Waals surface area contributed by atoms with Crippen molar-refractivity contribution in [2.45, 2.75) is 32.3 Å². The molecule has 0 unspecified atom stereocenters. The Kier molecular flexibility index (Phi) is 4.84. The molecule has 0 aliphatic carbocycles. The summed E-state index contributed by atoms with van der Waals surface area (Å²) in [5.74, 6) is 0.567. The Labute approximate surface area is 90.6 Å². The lowest BCUT2D eigenvalue weighted by Gasteiger charge is -2.35. The molecule has 0 aromatic carbocycles. The number of nitrogens with zero attached hydrogens (tertiary/aromatic N) is 2. The van der Waals surface area contributed by atoms with E-state index in [2.05, 4.69) is 17.0 Å². The average Bonchev–Trinajstić information content (AvgIpc) is 2.23. The second kappa shape index (κ2) is 5.92. The molecule has 1 heterocycles. The molecule has 0 amide bonds. The number of aliphatic hydroxyl groups is 1. The molecule has 1 fully saturated rings. The highest BCUT2D eigenvalue weighted by Gasteiger charge is 2.27. The molecule has 0 aromatic heterocycles. The van der Waals surface area contributed by atoms with Crippen LogP contribution in [0.15, 0.2) is 5.16 Å². The average molecular weight is 215 g/mol. The number of amidine groups is 1. The van der Waals surface area contributed by atoms with Gasteiger partial charge in [-0.2, -0.15) is 0 Å². The fourth-order valence-electron chi connectivity index (χ4n) is 2.15. The van der Waals surface area contributed by atoms with Crippen molar-refractivity contribution in [1.29, 1.82) is 0 Å². The van der Waals surface area contributed by atoms with Crippen molar-refractivity contribution in [3.8, 4) is 0 Å². The Bertz CT molecular complexity index is 221. The van der Waals surface area contributed by atoms with Gasteiger partial charge in [-0.25, -0.2) is 0 Å². The largest absolute Gasteiger partial charge is 0.409 e. The number of oxime groups is 1. The number of likely N-dealkylation sites (tertiary alicyclic amines) is 1. The van der Waals surface area contributed by atoms with Crippen LogP contribution in [0.25, 0.3) is 0 Å². The van der Waals surface area contributed by atoms with Crippen LogP contribution in [0.2, 0.25) is 0 Å². The van der Waals surface area contributed by atoms with Crippen molar-refractivity contribution in [3.05, 3.63) is 0 Å². The van der Waals surface area contributed by atoms with Gasteiger partial charge in [-0.05, 0) is 18.8 Å². The minimum atomic E-state index is -0.187. The van der Waals surface area contributed by atoms with Crippen LogP contribution in [0, 0.1) is 5.92 Å². The van der Waals surface area contributed by atoms with Crippen molar-refractivity contribution in [1.82, 2.24) is 4.90 Å². The molecule has 2 atom stereocenters. The number of piperidine rings is 1. The predicted octanol–water partition coefficient (Wildman–Crippen LogP) is 0.216. The van der Waals surface area contributed by atoms with Gasteiger partial charge in [-0.15, -0.1) is 0 Å². The van der Waals surface area contributed by atoms with Crippen LogP contribution in [0.5, 0.6) is 0 Å². The fraction of sp³-hybridized carbons (Fsp3) is 0.900. The van der Waals surface area contributed by atoms with Gasteiger partial charge in [0.25, 0.3) is 0 Å². The molecular formula is C10H21N3O2. The van der Waals surface area contributed by atoms with E-state index in [1.165, 1.54) is 0 Å². The van der Waals surface area contributed by atoms with E-state index in [1.807, 2.05) is 0 Å². The van der Waals surface area contributed by atoms with E-state index in [0.717, 1.165) is 32.4 Å². The normalized spacial score (nSPS) is 29.3. The summed E-state index contributed by atoms with van der Waals surface area (Å²) in [5.41, 5.74) is 5.45. The minimum absolute atomic E-state index is 0.187. The van der Waals surface area contributed by atoms with Gasteiger partial charge in [0.15, 0.2) is 5.84 Å². The molecule has 15 heavy (non-hydrogen) atoms. The highest BCUT2D eigenvalue weighted by atomic mass is 16.4. The third-order valence-electron chi connectivity index (χ3n) is 2.95. The number of rotatable bonds is 4. The van der Waals surface area contributed by atoms with E-state index >= 15 is 0 Å². The first-order valence-corrected chi connectivity index (χ1v) is 5.54. The Morgan fingerprint density at radius 3 is 2.93 bits per heavy atom. The number of hydrogen-bond donors (Lipinski definition) is 3. The van der Waals surface area contributed by atoms with Crippen molar-refractivity contribution in [3.63, 3.8) is 0 Å². The van der Waals surface area contributed by atoms with Crippen LogP contribution in [-0.4, -0.2) is 46.8 Å². The van der Waals surface area contributed by atoms with Gasteiger partial charge in [0, 0.05) is 13.1 Å². The number of nitrogens with two attached hydrogens (primary N) is 1. The second-order valence-corrected chi connectivity index (χ2v) is 4.23.